The highest BCUT2D eigenvalue weighted by Crippen LogP contribution is 2.23. The first-order valence-corrected chi connectivity index (χ1v) is 23.6. The second-order valence-electron chi connectivity index (χ2n) is 17.5. The first-order chi connectivity index (χ1) is 33.5. The molecule has 0 saturated carbocycles. The minimum Gasteiger partial charge on any atom is -0.423 e. The number of ketones is 2. The molecule has 6 aromatic heterocycles. The fourth-order valence-electron chi connectivity index (χ4n) is 8.13. The lowest BCUT2D eigenvalue weighted by molar-refractivity contribution is -0.129. The summed E-state index contributed by atoms with van der Waals surface area (Å²) in [5.74, 6) is 0.440. The lowest BCUT2D eigenvalue weighted by Crippen LogP contribution is -2.48. The number of piperazine rings is 2. The van der Waals surface area contributed by atoms with Crippen LogP contribution in [-0.4, -0.2) is 133 Å². The standard InChI is InChI=1S/C26H29N5O2.C20H23ClN4O2.C6H8BNO2/c1-18-12-21(16-29-26(18)22-6-7-27-19(2)13-22)14-25(33)15-23-4-5-24(17-28-23)31-10-8-30(9-11-31)20(3)32;1-14-9-16(12-23-20(14)21)10-19(27)11-17-3-4-18(13-22-17)25-7-5-24(6-8-25)15(2)26;1-5-4-6(7(9)10)2-3-8-5/h4-7,12-13,16-17H,8-11,14-15H2,1-3H3;3-4,9,12-13H,5-8,10-11H2,1-2H3;2-4,9-10H,1H3. The molecule has 6 aromatic rings. The monoisotopic (exact) mass is 966 g/mol. The topological polar surface area (TPSA) is 199 Å². The van der Waals surface area contributed by atoms with E-state index >= 15 is 0 Å². The highest BCUT2D eigenvalue weighted by molar-refractivity contribution is 6.58. The van der Waals surface area contributed by atoms with Crippen LogP contribution in [0.4, 0.5) is 11.4 Å². The molecule has 2 amide bonds. The molecule has 0 radical (unpaired) electrons. The summed E-state index contributed by atoms with van der Waals surface area (Å²) in [6.07, 6.45) is 11.6. The Balaban J connectivity index is 0.000000194. The molecule has 18 heteroatoms. The fourth-order valence-corrected chi connectivity index (χ4v) is 8.23. The van der Waals surface area contributed by atoms with Gasteiger partial charge in [0.05, 0.1) is 29.5 Å². The van der Waals surface area contributed by atoms with Gasteiger partial charge >= 0.3 is 7.12 Å². The number of rotatable bonds is 12. The normalized spacial score (nSPS) is 13.4. The van der Waals surface area contributed by atoms with E-state index in [2.05, 4.69) is 39.7 Å². The van der Waals surface area contributed by atoms with Gasteiger partial charge in [0.1, 0.15) is 16.7 Å². The van der Waals surface area contributed by atoms with Gasteiger partial charge in [-0.3, -0.25) is 44.1 Å². The number of halogens is 1. The smallest absolute Gasteiger partial charge is 0.423 e. The highest BCUT2D eigenvalue weighted by Gasteiger charge is 2.21. The molecule has 0 aromatic carbocycles. The molecule has 0 spiro atoms. The van der Waals surface area contributed by atoms with Crippen LogP contribution >= 0.6 is 11.6 Å². The Morgan fingerprint density at radius 2 is 1.01 bits per heavy atom. The molecule has 0 atom stereocenters. The molecule has 0 aliphatic carbocycles. The Labute approximate surface area is 415 Å². The molecule has 2 saturated heterocycles. The van der Waals surface area contributed by atoms with E-state index in [1.165, 1.54) is 0 Å². The number of amides is 2. The summed E-state index contributed by atoms with van der Waals surface area (Å²) in [6, 6.07) is 18.9. The zero-order valence-corrected chi connectivity index (χ0v) is 41.4. The van der Waals surface area contributed by atoms with E-state index in [0.717, 1.165) is 120 Å². The average molecular weight is 967 g/mol. The SMILES string of the molecule is CC(=O)N1CCN(c2ccc(CC(=O)Cc3cnc(-c4ccnc(C)c4)c(C)c3)nc2)CC1.CC(=O)N1CCN(c2ccc(CC(=O)Cc3cnc(Cl)c(C)c3)nc2)CC1.Cc1cc(B(O)O)ccn1. The highest BCUT2D eigenvalue weighted by atomic mass is 35.5. The van der Waals surface area contributed by atoms with Crippen LogP contribution in [0.2, 0.25) is 5.15 Å². The second kappa shape index (κ2) is 25.1. The number of anilines is 2. The van der Waals surface area contributed by atoms with Crippen molar-refractivity contribution in [2.24, 2.45) is 0 Å². The van der Waals surface area contributed by atoms with E-state index in [1.807, 2.05) is 85.3 Å². The molecule has 16 nitrogen and oxygen atoms in total. The summed E-state index contributed by atoms with van der Waals surface area (Å²) < 4.78 is 0. The Morgan fingerprint density at radius 3 is 1.41 bits per heavy atom. The van der Waals surface area contributed by atoms with Gasteiger partial charge in [-0.05, 0) is 104 Å². The number of hydrogen-bond acceptors (Lipinski definition) is 14. The van der Waals surface area contributed by atoms with Crippen LogP contribution in [-0.2, 0) is 44.9 Å². The van der Waals surface area contributed by atoms with Gasteiger partial charge < -0.3 is 29.6 Å². The van der Waals surface area contributed by atoms with Crippen molar-refractivity contribution in [3.05, 3.63) is 148 Å². The van der Waals surface area contributed by atoms with Crippen molar-refractivity contribution in [1.82, 2.24) is 39.7 Å². The van der Waals surface area contributed by atoms with Gasteiger partial charge in [-0.2, -0.15) is 0 Å². The summed E-state index contributed by atoms with van der Waals surface area (Å²) in [5, 5.41) is 17.8. The Morgan fingerprint density at radius 1 is 0.543 bits per heavy atom. The molecule has 2 aliphatic rings. The summed E-state index contributed by atoms with van der Waals surface area (Å²) in [7, 11) is -1.39. The molecule has 8 rings (SSSR count). The van der Waals surface area contributed by atoms with Crippen molar-refractivity contribution in [3.8, 4) is 11.3 Å². The minimum absolute atomic E-state index is 0.0915. The second-order valence-corrected chi connectivity index (χ2v) is 17.9. The Bertz CT molecular complexity index is 2750. The zero-order chi connectivity index (χ0) is 50.3. The van der Waals surface area contributed by atoms with Crippen molar-refractivity contribution in [3.63, 3.8) is 0 Å². The molecule has 0 bridgehead atoms. The molecule has 2 N–H and O–H groups in total. The predicted octanol–water partition coefficient (Wildman–Crippen LogP) is 4.71. The van der Waals surface area contributed by atoms with E-state index in [-0.39, 0.29) is 23.4 Å². The molecule has 70 heavy (non-hydrogen) atoms. The number of Topliss-reactive ketones (excluding diaryl/α,β-unsaturated/α-hetero) is 2. The Kier molecular flexibility index (Phi) is 18.8. The number of aryl methyl sites for hydroxylation is 4. The van der Waals surface area contributed by atoms with Crippen LogP contribution in [0.3, 0.4) is 0 Å². The van der Waals surface area contributed by atoms with Crippen LogP contribution in [0.5, 0.6) is 0 Å². The van der Waals surface area contributed by atoms with Crippen LogP contribution < -0.4 is 15.3 Å². The number of carbonyl (C=O) groups excluding carboxylic acids is 4. The molecule has 0 unspecified atom stereocenters. The van der Waals surface area contributed by atoms with E-state index in [4.69, 9.17) is 21.6 Å². The number of hydrogen-bond donors (Lipinski definition) is 2. The van der Waals surface area contributed by atoms with E-state index in [0.29, 0.717) is 36.3 Å². The first kappa shape index (κ1) is 52.4. The largest absolute Gasteiger partial charge is 0.488 e. The summed E-state index contributed by atoms with van der Waals surface area (Å²) in [6.45, 7) is 16.9. The van der Waals surface area contributed by atoms with Gasteiger partial charge in [-0.1, -0.05) is 23.7 Å². The third kappa shape index (κ3) is 15.5. The maximum Gasteiger partial charge on any atom is 0.488 e. The molecule has 2 aliphatic heterocycles. The molecular weight excluding hydrogens is 907 g/mol. The maximum atomic E-state index is 12.7. The lowest BCUT2D eigenvalue weighted by atomic mass is 9.81. The molecular formula is C52H60BClN10O6. The third-order valence-corrected chi connectivity index (χ3v) is 12.3. The number of aromatic nitrogens is 6. The van der Waals surface area contributed by atoms with Crippen LogP contribution in [0, 0.1) is 27.7 Å². The van der Waals surface area contributed by atoms with E-state index in [1.54, 1.807) is 63.9 Å². The third-order valence-electron chi connectivity index (χ3n) is 12.0. The molecule has 8 heterocycles. The van der Waals surface area contributed by atoms with Gasteiger partial charge in [-0.25, -0.2) is 4.98 Å². The summed E-state index contributed by atoms with van der Waals surface area (Å²) in [5.41, 5.74) is 11.4. The van der Waals surface area contributed by atoms with Crippen LogP contribution in [0.25, 0.3) is 11.3 Å². The van der Waals surface area contributed by atoms with Gasteiger partial charge in [0.2, 0.25) is 11.8 Å². The van der Waals surface area contributed by atoms with Gasteiger partial charge in [0, 0.05) is 145 Å². The number of nitrogens with zero attached hydrogens (tertiary/aromatic N) is 10. The lowest BCUT2D eigenvalue weighted by Gasteiger charge is -2.35. The average Bonchev–Trinajstić information content (AvgIpc) is 3.33. The first-order valence-electron chi connectivity index (χ1n) is 23.2. The minimum atomic E-state index is -1.39. The van der Waals surface area contributed by atoms with Crippen LogP contribution in [0.15, 0.2) is 97.8 Å². The van der Waals surface area contributed by atoms with Crippen molar-refractivity contribution in [2.45, 2.75) is 67.2 Å². The van der Waals surface area contributed by atoms with E-state index < -0.39 is 7.12 Å². The van der Waals surface area contributed by atoms with Gasteiger partial charge in [-0.15, -0.1) is 0 Å². The van der Waals surface area contributed by atoms with Crippen molar-refractivity contribution >= 4 is 58.9 Å². The van der Waals surface area contributed by atoms with Crippen molar-refractivity contribution in [2.75, 3.05) is 62.2 Å². The molecule has 364 valence electrons. The predicted molar refractivity (Wildman–Crippen MR) is 272 cm³/mol. The molecule has 2 fully saturated rings. The summed E-state index contributed by atoms with van der Waals surface area (Å²) in [4.78, 5) is 81.8. The summed E-state index contributed by atoms with van der Waals surface area (Å²) >= 11 is 5.92. The zero-order valence-electron chi connectivity index (χ0n) is 40.7. The van der Waals surface area contributed by atoms with E-state index in [9.17, 15) is 19.2 Å². The maximum absolute atomic E-state index is 12.7. The van der Waals surface area contributed by atoms with Crippen LogP contribution in [0.1, 0.15) is 58.9 Å². The van der Waals surface area contributed by atoms with Gasteiger partial charge in [0.25, 0.3) is 0 Å². The number of pyridine rings is 6. The quantitative estimate of drug-likeness (QED) is 0.126. The fraction of sp³-hybridized carbons (Fsp3) is 0.346. The van der Waals surface area contributed by atoms with Gasteiger partial charge in [0.15, 0.2) is 0 Å². The number of carbonyl (C=O) groups is 4. The van der Waals surface area contributed by atoms with Crippen molar-refractivity contribution in [1.29, 1.82) is 0 Å². The van der Waals surface area contributed by atoms with Crippen molar-refractivity contribution < 1.29 is 29.2 Å². The Hall–Kier alpha value is -6.95.